The standard InChI is InChI=1S/C24H14/c1-5-15-6-2-10-18-14-22-20-12-4-8-16-7-3-11-19(24(16)20)21(22)13-17(9-1)23(15)18/h1-14H. The fraction of sp³-hybridized carbons (Fsp3) is 0. The molecule has 0 radical (unpaired) electrons. The summed E-state index contributed by atoms with van der Waals surface area (Å²) in [5, 5.41) is 10.7. The molecule has 0 unspecified atom stereocenters. The van der Waals surface area contributed by atoms with Crippen molar-refractivity contribution < 1.29 is 0 Å². The van der Waals surface area contributed by atoms with E-state index in [2.05, 4.69) is 84.9 Å². The highest BCUT2D eigenvalue weighted by Crippen LogP contribution is 2.44. The second kappa shape index (κ2) is 4.24. The molecule has 0 N–H and O–H groups in total. The van der Waals surface area contributed by atoms with Crippen LogP contribution in [0, 0.1) is 0 Å². The summed E-state index contributed by atoms with van der Waals surface area (Å²) in [5.41, 5.74) is 2.70. The van der Waals surface area contributed by atoms with Gasteiger partial charge in [0.05, 0.1) is 0 Å². The van der Waals surface area contributed by atoms with E-state index in [0.717, 1.165) is 0 Å². The first-order valence-corrected chi connectivity index (χ1v) is 8.38. The predicted octanol–water partition coefficient (Wildman–Crippen LogP) is 6.84. The molecule has 110 valence electrons. The van der Waals surface area contributed by atoms with Gasteiger partial charge in [-0.1, -0.05) is 72.8 Å². The SMILES string of the molecule is c1cc2cccc3cc4c5cccc6cccc(c-4cc(c1)c23)c65. The van der Waals surface area contributed by atoms with Gasteiger partial charge in [0.15, 0.2) is 0 Å². The highest BCUT2D eigenvalue weighted by molar-refractivity contribution is 6.25. The highest BCUT2D eigenvalue weighted by atomic mass is 14.2. The number of hydrogen-bond acceptors (Lipinski definition) is 0. The molecule has 0 heteroatoms. The summed E-state index contributed by atoms with van der Waals surface area (Å²) in [6, 6.07) is 31.2. The number of hydrogen-bond donors (Lipinski definition) is 0. The second-order valence-corrected chi connectivity index (χ2v) is 6.62. The fourth-order valence-electron chi connectivity index (χ4n) is 4.34. The van der Waals surface area contributed by atoms with Gasteiger partial charge in [0.25, 0.3) is 0 Å². The monoisotopic (exact) mass is 302 g/mol. The quantitative estimate of drug-likeness (QED) is 0.288. The molecule has 0 atom stereocenters. The lowest BCUT2D eigenvalue weighted by atomic mass is 10.0. The molecule has 0 saturated carbocycles. The third-order valence-electron chi connectivity index (χ3n) is 5.34. The molecule has 2 aliphatic rings. The summed E-state index contributed by atoms with van der Waals surface area (Å²) in [7, 11) is 0. The van der Waals surface area contributed by atoms with Crippen molar-refractivity contribution in [2.75, 3.05) is 0 Å². The van der Waals surface area contributed by atoms with E-state index in [1.54, 1.807) is 0 Å². The van der Waals surface area contributed by atoms with Crippen molar-refractivity contribution in [2.24, 2.45) is 0 Å². The summed E-state index contributed by atoms with van der Waals surface area (Å²) >= 11 is 0. The Kier molecular flexibility index (Phi) is 2.18. The van der Waals surface area contributed by atoms with Gasteiger partial charge in [0, 0.05) is 0 Å². The van der Waals surface area contributed by atoms with Crippen molar-refractivity contribution in [1.29, 1.82) is 0 Å². The molecule has 0 nitrogen and oxygen atoms in total. The number of benzene rings is 4. The van der Waals surface area contributed by atoms with Crippen LogP contribution in [0.1, 0.15) is 0 Å². The average Bonchev–Trinajstić information content (AvgIpc) is 2.81. The molecule has 0 saturated heterocycles. The Bertz CT molecular complexity index is 1230. The van der Waals surface area contributed by atoms with Crippen molar-refractivity contribution in [2.45, 2.75) is 0 Å². The van der Waals surface area contributed by atoms with Gasteiger partial charge in [-0.25, -0.2) is 0 Å². The normalized spacial score (nSPS) is 12.2. The van der Waals surface area contributed by atoms with Gasteiger partial charge in [-0.05, 0) is 66.3 Å². The molecule has 0 amide bonds. The smallest absolute Gasteiger partial charge is 0.00264 e. The van der Waals surface area contributed by atoms with Gasteiger partial charge >= 0.3 is 0 Å². The van der Waals surface area contributed by atoms with Crippen LogP contribution in [0.2, 0.25) is 0 Å². The van der Waals surface area contributed by atoms with E-state index >= 15 is 0 Å². The van der Waals surface area contributed by atoms with E-state index in [9.17, 15) is 0 Å². The molecule has 4 aromatic rings. The average molecular weight is 302 g/mol. The molecular weight excluding hydrogens is 288 g/mol. The Labute approximate surface area is 139 Å². The summed E-state index contributed by atoms with van der Waals surface area (Å²) < 4.78 is 0. The van der Waals surface area contributed by atoms with Gasteiger partial charge in [-0.15, -0.1) is 0 Å². The van der Waals surface area contributed by atoms with E-state index in [1.807, 2.05) is 0 Å². The first-order chi connectivity index (χ1) is 11.9. The van der Waals surface area contributed by atoms with Crippen LogP contribution in [0.3, 0.4) is 0 Å². The lowest BCUT2D eigenvalue weighted by Crippen LogP contribution is -1.74. The van der Waals surface area contributed by atoms with Gasteiger partial charge in [0.2, 0.25) is 0 Å². The molecule has 24 heavy (non-hydrogen) atoms. The van der Waals surface area contributed by atoms with Crippen molar-refractivity contribution in [3.63, 3.8) is 0 Å². The molecule has 0 heterocycles. The van der Waals surface area contributed by atoms with Crippen LogP contribution in [0.25, 0.3) is 54.2 Å². The predicted molar refractivity (Wildman–Crippen MR) is 104 cm³/mol. The molecule has 0 spiro atoms. The van der Waals surface area contributed by atoms with E-state index < -0.39 is 0 Å². The Morgan fingerprint density at radius 1 is 0.375 bits per heavy atom. The highest BCUT2D eigenvalue weighted by Gasteiger charge is 2.16. The third-order valence-corrected chi connectivity index (χ3v) is 5.34. The Balaban J connectivity index is 1.99. The molecular formula is C24H14. The Hall–Kier alpha value is -3.12. The van der Waals surface area contributed by atoms with Crippen LogP contribution in [-0.4, -0.2) is 0 Å². The topological polar surface area (TPSA) is 0 Å². The largest absolute Gasteiger partial charge is 0.0610 e. The molecule has 0 aromatic heterocycles. The van der Waals surface area contributed by atoms with E-state index in [1.165, 1.54) is 54.2 Å². The van der Waals surface area contributed by atoms with Gasteiger partial charge < -0.3 is 0 Å². The molecule has 0 fully saturated rings. The fourth-order valence-corrected chi connectivity index (χ4v) is 4.34. The van der Waals surface area contributed by atoms with E-state index in [-0.39, 0.29) is 0 Å². The first kappa shape index (κ1) is 12.3. The molecule has 0 aliphatic heterocycles. The van der Waals surface area contributed by atoms with Crippen LogP contribution >= 0.6 is 0 Å². The summed E-state index contributed by atoms with van der Waals surface area (Å²) in [6.45, 7) is 0. The molecule has 0 bridgehead atoms. The minimum atomic E-state index is 1.31. The first-order valence-electron chi connectivity index (χ1n) is 8.38. The van der Waals surface area contributed by atoms with Crippen molar-refractivity contribution >= 4 is 43.1 Å². The van der Waals surface area contributed by atoms with Crippen molar-refractivity contribution in [3.05, 3.63) is 84.9 Å². The molecule has 6 rings (SSSR count). The van der Waals surface area contributed by atoms with Crippen LogP contribution < -0.4 is 0 Å². The zero-order valence-corrected chi connectivity index (χ0v) is 13.1. The summed E-state index contributed by atoms with van der Waals surface area (Å²) in [5.74, 6) is 0. The van der Waals surface area contributed by atoms with Crippen LogP contribution in [0.5, 0.6) is 0 Å². The maximum Gasteiger partial charge on any atom is -0.00264 e. The lowest BCUT2D eigenvalue weighted by Gasteiger charge is -2.01. The second-order valence-electron chi connectivity index (χ2n) is 6.62. The number of rotatable bonds is 0. The van der Waals surface area contributed by atoms with E-state index in [0.29, 0.717) is 0 Å². The van der Waals surface area contributed by atoms with Crippen molar-refractivity contribution in [3.8, 4) is 11.1 Å². The maximum atomic E-state index is 2.37. The molecule has 4 aromatic carbocycles. The Morgan fingerprint density at radius 3 is 1.33 bits per heavy atom. The zero-order chi connectivity index (χ0) is 15.7. The molecule has 2 aliphatic carbocycles. The maximum absolute atomic E-state index is 2.37. The zero-order valence-electron chi connectivity index (χ0n) is 13.1. The van der Waals surface area contributed by atoms with Crippen LogP contribution in [0.4, 0.5) is 0 Å². The van der Waals surface area contributed by atoms with Crippen molar-refractivity contribution in [1.82, 2.24) is 0 Å². The summed E-state index contributed by atoms with van der Waals surface area (Å²) in [4.78, 5) is 0. The third kappa shape index (κ3) is 1.43. The Morgan fingerprint density at radius 2 is 0.792 bits per heavy atom. The van der Waals surface area contributed by atoms with Gasteiger partial charge in [0.1, 0.15) is 0 Å². The summed E-state index contributed by atoms with van der Waals surface area (Å²) in [6.07, 6.45) is 0. The van der Waals surface area contributed by atoms with E-state index in [4.69, 9.17) is 0 Å². The lowest BCUT2D eigenvalue weighted by molar-refractivity contribution is 1.82. The minimum absolute atomic E-state index is 1.31. The minimum Gasteiger partial charge on any atom is -0.0610 e. The van der Waals surface area contributed by atoms with Crippen LogP contribution in [-0.2, 0) is 0 Å². The van der Waals surface area contributed by atoms with Gasteiger partial charge in [-0.2, -0.15) is 0 Å². The van der Waals surface area contributed by atoms with Gasteiger partial charge in [-0.3, -0.25) is 0 Å². The number of fused-ring (bicyclic) bond motifs is 3. The van der Waals surface area contributed by atoms with Crippen LogP contribution in [0.15, 0.2) is 84.9 Å².